The topological polar surface area (TPSA) is 139 Å². The first-order valence-corrected chi connectivity index (χ1v) is 10.8. The number of alkyl halides is 3. The van der Waals surface area contributed by atoms with Crippen molar-refractivity contribution in [3.63, 3.8) is 0 Å². The molecule has 3 N–H and O–H groups in total. The lowest BCUT2D eigenvalue weighted by molar-refractivity contribution is -0.192. The van der Waals surface area contributed by atoms with Gasteiger partial charge in [0, 0.05) is 37.8 Å². The quantitative estimate of drug-likeness (QED) is 0.438. The molecule has 0 saturated carbocycles. The van der Waals surface area contributed by atoms with E-state index in [0.717, 1.165) is 45.8 Å². The van der Waals surface area contributed by atoms with Gasteiger partial charge in [-0.3, -0.25) is 9.69 Å². The van der Waals surface area contributed by atoms with Gasteiger partial charge >= 0.3 is 18.2 Å². The van der Waals surface area contributed by atoms with Gasteiger partial charge in [0.05, 0.1) is 25.9 Å². The summed E-state index contributed by atoms with van der Waals surface area (Å²) in [6, 6.07) is 5.69. The Labute approximate surface area is 199 Å². The smallest absolute Gasteiger partial charge is 0.490 e. The second-order valence-electron chi connectivity index (χ2n) is 7.27. The van der Waals surface area contributed by atoms with Crippen molar-refractivity contribution >= 4 is 23.6 Å². The lowest BCUT2D eigenvalue weighted by atomic mass is 10.1. The fourth-order valence-corrected chi connectivity index (χ4v) is 2.92. The van der Waals surface area contributed by atoms with Crippen molar-refractivity contribution in [3.8, 4) is 17.2 Å². The monoisotopic (exact) mass is 503 g/mol. The molecule has 0 aliphatic carbocycles. The summed E-state index contributed by atoms with van der Waals surface area (Å²) >= 11 is 0. The highest BCUT2D eigenvalue weighted by Gasteiger charge is 2.38. The number of rotatable bonds is 9. The zero-order valence-corrected chi connectivity index (χ0v) is 19.4. The number of ether oxygens (including phenoxy) is 2. The number of nitrogens with zero attached hydrogens (tertiary/aromatic N) is 3. The SMILES string of the molecule is CCC(=O)Nc1ccc(-c2nnc(NCCCN3CCOCC3)o2)c(OC)c1.O=C(O)C(F)(F)F. The van der Waals surface area contributed by atoms with Crippen LogP contribution in [0.3, 0.4) is 0 Å². The molecule has 0 atom stereocenters. The third kappa shape index (κ3) is 9.41. The van der Waals surface area contributed by atoms with Gasteiger partial charge in [0.15, 0.2) is 0 Å². The molecule has 2 aromatic rings. The Kier molecular flexibility index (Phi) is 10.7. The van der Waals surface area contributed by atoms with Crippen LogP contribution < -0.4 is 15.4 Å². The van der Waals surface area contributed by atoms with Gasteiger partial charge in [-0.15, -0.1) is 5.10 Å². The van der Waals surface area contributed by atoms with E-state index >= 15 is 0 Å². The summed E-state index contributed by atoms with van der Waals surface area (Å²) in [5.41, 5.74) is 1.33. The summed E-state index contributed by atoms with van der Waals surface area (Å²) in [7, 11) is 1.56. The lowest BCUT2D eigenvalue weighted by Gasteiger charge is -2.26. The molecule has 1 amide bonds. The van der Waals surface area contributed by atoms with Crippen molar-refractivity contribution in [2.45, 2.75) is 25.9 Å². The molecule has 0 spiro atoms. The number of carboxylic acid groups (broad SMARTS) is 1. The number of methoxy groups -OCH3 is 1. The number of hydrogen-bond acceptors (Lipinski definition) is 9. The van der Waals surface area contributed by atoms with Crippen LogP contribution in [0.5, 0.6) is 5.75 Å². The second-order valence-corrected chi connectivity index (χ2v) is 7.27. The fourth-order valence-electron chi connectivity index (χ4n) is 2.92. The standard InChI is InChI=1S/C19H27N5O4.C2HF3O2/c1-3-17(25)21-14-5-6-15(16(13-14)26-2)18-22-23-19(28-18)20-7-4-8-24-9-11-27-12-10-24;3-2(4,5)1(6)7/h5-6,13H,3-4,7-12H2,1-2H3,(H,20,23)(H,21,25);(H,6,7). The number of nitrogens with one attached hydrogen (secondary N) is 2. The van der Waals surface area contributed by atoms with Gasteiger partial charge in [-0.05, 0) is 25.1 Å². The Balaban J connectivity index is 0.000000540. The molecule has 0 bridgehead atoms. The summed E-state index contributed by atoms with van der Waals surface area (Å²) < 4.78 is 48.2. The lowest BCUT2D eigenvalue weighted by Crippen LogP contribution is -2.37. The molecular weight excluding hydrogens is 475 g/mol. The average molecular weight is 503 g/mol. The number of anilines is 2. The largest absolute Gasteiger partial charge is 0.496 e. The number of hydrogen-bond donors (Lipinski definition) is 3. The molecule has 3 rings (SSSR count). The van der Waals surface area contributed by atoms with Crippen LogP contribution in [0.4, 0.5) is 24.9 Å². The molecule has 1 aromatic carbocycles. The Morgan fingerprint density at radius 2 is 1.91 bits per heavy atom. The van der Waals surface area contributed by atoms with E-state index in [4.69, 9.17) is 23.8 Å². The van der Waals surface area contributed by atoms with Gasteiger partial charge in [-0.25, -0.2) is 4.79 Å². The maximum Gasteiger partial charge on any atom is 0.490 e. The van der Waals surface area contributed by atoms with E-state index in [1.54, 1.807) is 32.2 Å². The molecule has 2 heterocycles. The highest BCUT2D eigenvalue weighted by atomic mass is 19.4. The molecule has 0 unspecified atom stereocenters. The molecule has 14 heteroatoms. The first-order chi connectivity index (χ1) is 16.6. The van der Waals surface area contributed by atoms with E-state index in [9.17, 15) is 18.0 Å². The van der Waals surface area contributed by atoms with Gasteiger partial charge < -0.3 is 29.6 Å². The molecule has 0 radical (unpaired) electrons. The third-order valence-electron chi connectivity index (χ3n) is 4.74. The first kappa shape index (κ1) is 27.9. The highest BCUT2D eigenvalue weighted by Crippen LogP contribution is 2.32. The van der Waals surface area contributed by atoms with Crippen molar-refractivity contribution in [3.05, 3.63) is 18.2 Å². The molecule has 1 aliphatic heterocycles. The van der Waals surface area contributed by atoms with Crippen LogP contribution in [0.15, 0.2) is 22.6 Å². The summed E-state index contributed by atoms with van der Waals surface area (Å²) in [5.74, 6) is -1.90. The predicted molar refractivity (Wildman–Crippen MR) is 119 cm³/mol. The summed E-state index contributed by atoms with van der Waals surface area (Å²) in [4.78, 5) is 22.8. The number of benzene rings is 1. The van der Waals surface area contributed by atoms with E-state index in [-0.39, 0.29) is 5.91 Å². The highest BCUT2D eigenvalue weighted by molar-refractivity contribution is 5.91. The number of morpholine rings is 1. The minimum atomic E-state index is -5.08. The maximum atomic E-state index is 11.6. The number of halogens is 3. The van der Waals surface area contributed by atoms with Crippen LogP contribution in [-0.2, 0) is 14.3 Å². The van der Waals surface area contributed by atoms with Crippen molar-refractivity contribution in [2.75, 3.05) is 57.1 Å². The number of carboxylic acids is 1. The number of carbonyl (C=O) groups is 2. The van der Waals surface area contributed by atoms with E-state index in [1.165, 1.54) is 0 Å². The van der Waals surface area contributed by atoms with Crippen LogP contribution in [0.1, 0.15) is 19.8 Å². The number of aromatic nitrogens is 2. The molecule has 1 fully saturated rings. The molecule has 11 nitrogen and oxygen atoms in total. The van der Waals surface area contributed by atoms with Gasteiger partial charge in [0.2, 0.25) is 5.91 Å². The van der Waals surface area contributed by atoms with Crippen molar-refractivity contribution in [1.29, 1.82) is 0 Å². The Hall–Kier alpha value is -3.39. The Morgan fingerprint density at radius 3 is 2.51 bits per heavy atom. The van der Waals surface area contributed by atoms with Crippen LogP contribution in [0.25, 0.3) is 11.5 Å². The van der Waals surface area contributed by atoms with E-state index < -0.39 is 12.1 Å². The van der Waals surface area contributed by atoms with E-state index in [1.807, 2.05) is 0 Å². The maximum absolute atomic E-state index is 11.6. The van der Waals surface area contributed by atoms with Crippen molar-refractivity contribution in [2.24, 2.45) is 0 Å². The minimum Gasteiger partial charge on any atom is -0.496 e. The van der Waals surface area contributed by atoms with Crippen LogP contribution >= 0.6 is 0 Å². The third-order valence-corrected chi connectivity index (χ3v) is 4.74. The van der Waals surface area contributed by atoms with Gasteiger partial charge in [0.1, 0.15) is 5.75 Å². The summed E-state index contributed by atoms with van der Waals surface area (Å²) in [6.45, 7) is 7.15. The molecule has 194 valence electrons. The van der Waals surface area contributed by atoms with Crippen molar-refractivity contribution in [1.82, 2.24) is 15.1 Å². The first-order valence-electron chi connectivity index (χ1n) is 10.8. The summed E-state index contributed by atoms with van der Waals surface area (Å²) in [5, 5.41) is 21.2. The average Bonchev–Trinajstić information content (AvgIpc) is 3.31. The van der Waals surface area contributed by atoms with Crippen LogP contribution in [0.2, 0.25) is 0 Å². The Morgan fingerprint density at radius 1 is 1.23 bits per heavy atom. The molecular formula is C21H28F3N5O6. The second kappa shape index (κ2) is 13.5. The number of amides is 1. The van der Waals surface area contributed by atoms with E-state index in [0.29, 0.717) is 35.3 Å². The normalized spacial score (nSPS) is 14.0. The molecule has 1 saturated heterocycles. The zero-order valence-electron chi connectivity index (χ0n) is 19.4. The van der Waals surface area contributed by atoms with Gasteiger partial charge in [-0.2, -0.15) is 13.2 Å². The van der Waals surface area contributed by atoms with Crippen molar-refractivity contribution < 1.29 is 41.8 Å². The predicted octanol–water partition coefficient (Wildman–Crippen LogP) is 2.86. The fraction of sp³-hybridized carbons (Fsp3) is 0.524. The van der Waals surface area contributed by atoms with Gasteiger partial charge in [-0.1, -0.05) is 12.0 Å². The van der Waals surface area contributed by atoms with Crippen LogP contribution in [-0.4, -0.2) is 84.8 Å². The van der Waals surface area contributed by atoms with E-state index in [2.05, 4.69) is 25.7 Å². The minimum absolute atomic E-state index is 0.0591. The summed E-state index contributed by atoms with van der Waals surface area (Å²) in [6.07, 6.45) is -3.69. The molecule has 1 aromatic heterocycles. The molecule has 35 heavy (non-hydrogen) atoms. The van der Waals surface area contributed by atoms with Crippen LogP contribution in [0, 0.1) is 0 Å². The number of aliphatic carboxylic acids is 1. The molecule has 1 aliphatic rings. The Bertz CT molecular complexity index is 963. The van der Waals surface area contributed by atoms with Gasteiger partial charge in [0.25, 0.3) is 5.89 Å². The number of carbonyl (C=O) groups excluding carboxylic acids is 1. The zero-order chi connectivity index (χ0) is 25.8.